The Morgan fingerprint density at radius 1 is 1.20 bits per heavy atom. The molecule has 1 saturated heterocycles. The van der Waals surface area contributed by atoms with E-state index < -0.39 is 21.7 Å². The zero-order valence-electron chi connectivity index (χ0n) is 13.5. The molecule has 3 rings (SSSR count). The highest BCUT2D eigenvalue weighted by Crippen LogP contribution is 2.33. The average Bonchev–Trinajstić information content (AvgIpc) is 2.94. The van der Waals surface area contributed by atoms with Gasteiger partial charge in [-0.25, -0.2) is 12.8 Å². The second-order valence-electron chi connectivity index (χ2n) is 5.59. The van der Waals surface area contributed by atoms with Crippen molar-refractivity contribution in [2.75, 3.05) is 29.0 Å². The second kappa shape index (κ2) is 6.72. The van der Waals surface area contributed by atoms with Gasteiger partial charge in [0, 0.05) is 12.1 Å². The van der Waals surface area contributed by atoms with E-state index in [9.17, 15) is 17.6 Å². The van der Waals surface area contributed by atoms with Crippen molar-refractivity contribution in [3.63, 3.8) is 0 Å². The lowest BCUT2D eigenvalue weighted by Gasteiger charge is -2.19. The third-order valence-corrected chi connectivity index (χ3v) is 5.79. The van der Waals surface area contributed by atoms with Gasteiger partial charge in [0.15, 0.2) is 0 Å². The second-order valence-corrected chi connectivity index (χ2v) is 7.60. The van der Waals surface area contributed by atoms with Crippen molar-refractivity contribution in [3.05, 3.63) is 53.8 Å². The summed E-state index contributed by atoms with van der Waals surface area (Å²) in [5, 5.41) is 2.68. The topological polar surface area (TPSA) is 75.7 Å². The molecule has 1 aliphatic heterocycles. The molecule has 1 N–H and O–H groups in total. The number of amides is 1. The third-order valence-electron chi connectivity index (χ3n) is 3.92. The number of hydrogen-bond donors (Lipinski definition) is 1. The molecule has 1 amide bonds. The maximum absolute atomic E-state index is 13.0. The maximum atomic E-state index is 13.0. The zero-order valence-corrected chi connectivity index (χ0v) is 14.3. The van der Waals surface area contributed by atoms with Gasteiger partial charge >= 0.3 is 0 Å². The first-order valence-corrected chi connectivity index (χ1v) is 9.27. The van der Waals surface area contributed by atoms with Crippen LogP contribution in [0.2, 0.25) is 0 Å². The van der Waals surface area contributed by atoms with E-state index in [1.165, 1.54) is 35.7 Å². The third kappa shape index (κ3) is 3.58. The van der Waals surface area contributed by atoms with Crippen molar-refractivity contribution in [2.24, 2.45) is 0 Å². The van der Waals surface area contributed by atoms with Gasteiger partial charge in [0.1, 0.15) is 11.6 Å². The Kier molecular flexibility index (Phi) is 4.63. The molecule has 6 nitrogen and oxygen atoms in total. The minimum atomic E-state index is -3.32. The summed E-state index contributed by atoms with van der Waals surface area (Å²) in [5.74, 6) is -0.373. The molecule has 0 radical (unpaired) electrons. The maximum Gasteiger partial charge on any atom is 0.255 e. The molecule has 132 valence electrons. The molecule has 0 spiro atoms. The molecule has 0 aliphatic carbocycles. The van der Waals surface area contributed by atoms with Crippen LogP contribution in [-0.2, 0) is 10.0 Å². The van der Waals surface area contributed by atoms with Crippen LogP contribution in [0.1, 0.15) is 16.8 Å². The summed E-state index contributed by atoms with van der Waals surface area (Å²) in [6.45, 7) is 0.403. The van der Waals surface area contributed by atoms with E-state index in [1.807, 2.05) is 0 Å². The lowest BCUT2D eigenvalue weighted by Crippen LogP contribution is -2.25. The van der Waals surface area contributed by atoms with Crippen molar-refractivity contribution in [1.82, 2.24) is 0 Å². The smallest absolute Gasteiger partial charge is 0.255 e. The molecule has 1 fully saturated rings. The van der Waals surface area contributed by atoms with Gasteiger partial charge < -0.3 is 10.1 Å². The lowest BCUT2D eigenvalue weighted by atomic mass is 10.2. The van der Waals surface area contributed by atoms with Gasteiger partial charge in [0.2, 0.25) is 10.0 Å². The quantitative estimate of drug-likeness (QED) is 0.905. The summed E-state index contributed by atoms with van der Waals surface area (Å²) in [6.07, 6.45) is 0.561. The van der Waals surface area contributed by atoms with Crippen molar-refractivity contribution in [2.45, 2.75) is 6.42 Å². The Morgan fingerprint density at radius 2 is 1.92 bits per heavy atom. The molecule has 0 aromatic heterocycles. The Balaban J connectivity index is 1.90. The van der Waals surface area contributed by atoms with E-state index in [4.69, 9.17) is 4.74 Å². The summed E-state index contributed by atoms with van der Waals surface area (Å²) in [6, 6.07) is 9.92. The van der Waals surface area contributed by atoms with Crippen LogP contribution in [0, 0.1) is 5.82 Å². The standard InChI is InChI=1S/C17H17FN2O4S/c1-24-16-8-7-14(20-9-2-10-25(20,22)23)11-15(16)19-17(21)12-3-5-13(18)6-4-12/h3-8,11H,2,9-10H2,1H3,(H,19,21). The van der Waals surface area contributed by atoms with Gasteiger partial charge in [-0.15, -0.1) is 0 Å². The van der Waals surface area contributed by atoms with Crippen LogP contribution in [-0.4, -0.2) is 33.7 Å². The number of benzene rings is 2. The number of sulfonamides is 1. The molecule has 8 heteroatoms. The van der Waals surface area contributed by atoms with Crippen molar-refractivity contribution in [3.8, 4) is 5.75 Å². The summed E-state index contributed by atoms with van der Waals surface area (Å²) >= 11 is 0. The number of carbonyl (C=O) groups excluding carboxylic acids is 1. The number of nitrogens with zero attached hydrogens (tertiary/aromatic N) is 1. The van der Waals surface area contributed by atoms with E-state index in [2.05, 4.69) is 5.32 Å². The van der Waals surface area contributed by atoms with Crippen molar-refractivity contribution >= 4 is 27.3 Å². The molecular formula is C17H17FN2O4S. The molecule has 1 heterocycles. The van der Waals surface area contributed by atoms with Crippen molar-refractivity contribution in [1.29, 1.82) is 0 Å². The fourth-order valence-electron chi connectivity index (χ4n) is 2.67. The number of rotatable bonds is 4. The van der Waals surface area contributed by atoms with Gasteiger partial charge in [-0.05, 0) is 48.9 Å². The van der Waals surface area contributed by atoms with E-state index in [1.54, 1.807) is 18.2 Å². The van der Waals surface area contributed by atoms with Crippen LogP contribution in [0.3, 0.4) is 0 Å². The summed E-state index contributed by atoms with van der Waals surface area (Å²) in [5.41, 5.74) is 1.09. The van der Waals surface area contributed by atoms with Crippen LogP contribution >= 0.6 is 0 Å². The van der Waals surface area contributed by atoms with E-state index in [0.717, 1.165) is 0 Å². The fraction of sp³-hybridized carbons (Fsp3) is 0.235. The summed E-state index contributed by atoms with van der Waals surface area (Å²) in [4.78, 5) is 12.3. The molecule has 0 bridgehead atoms. The summed E-state index contributed by atoms with van der Waals surface area (Å²) < 4.78 is 43.7. The van der Waals surface area contributed by atoms with Crippen LogP contribution in [0.25, 0.3) is 0 Å². The van der Waals surface area contributed by atoms with Crippen LogP contribution in [0.5, 0.6) is 5.75 Å². The highest BCUT2D eigenvalue weighted by atomic mass is 32.2. The predicted molar refractivity (Wildman–Crippen MR) is 93.1 cm³/mol. The van der Waals surface area contributed by atoms with Crippen LogP contribution in [0.4, 0.5) is 15.8 Å². The van der Waals surface area contributed by atoms with Crippen LogP contribution in [0.15, 0.2) is 42.5 Å². The monoisotopic (exact) mass is 364 g/mol. The summed E-state index contributed by atoms with van der Waals surface area (Å²) in [7, 11) is -1.87. The van der Waals surface area contributed by atoms with Gasteiger partial charge in [-0.2, -0.15) is 0 Å². The normalized spacial score (nSPS) is 15.8. The highest BCUT2D eigenvalue weighted by molar-refractivity contribution is 7.93. The Bertz CT molecular complexity index is 897. The van der Waals surface area contributed by atoms with Gasteiger partial charge in [0.25, 0.3) is 5.91 Å². The first-order valence-electron chi connectivity index (χ1n) is 7.66. The Morgan fingerprint density at radius 3 is 2.52 bits per heavy atom. The fourth-order valence-corrected chi connectivity index (χ4v) is 4.23. The predicted octanol–water partition coefficient (Wildman–Crippen LogP) is 2.63. The Hall–Kier alpha value is -2.61. The van der Waals surface area contributed by atoms with E-state index >= 15 is 0 Å². The zero-order chi connectivity index (χ0) is 18.0. The minimum Gasteiger partial charge on any atom is -0.495 e. The first kappa shape index (κ1) is 17.2. The lowest BCUT2D eigenvalue weighted by molar-refractivity contribution is 0.102. The Labute approximate surface area is 145 Å². The average molecular weight is 364 g/mol. The highest BCUT2D eigenvalue weighted by Gasteiger charge is 2.29. The first-order chi connectivity index (χ1) is 11.9. The van der Waals surface area contributed by atoms with Crippen molar-refractivity contribution < 1.29 is 22.3 Å². The van der Waals surface area contributed by atoms with Crippen LogP contribution < -0.4 is 14.4 Å². The molecule has 2 aromatic carbocycles. The number of hydrogen-bond acceptors (Lipinski definition) is 4. The van der Waals surface area contributed by atoms with Gasteiger partial charge in [-0.1, -0.05) is 0 Å². The van der Waals surface area contributed by atoms with E-state index in [-0.39, 0.29) is 11.3 Å². The molecule has 0 atom stereocenters. The number of nitrogens with one attached hydrogen (secondary N) is 1. The number of ether oxygens (including phenoxy) is 1. The van der Waals surface area contributed by atoms with E-state index in [0.29, 0.717) is 30.1 Å². The van der Waals surface area contributed by atoms with Gasteiger partial charge in [0.05, 0.1) is 24.2 Å². The number of methoxy groups -OCH3 is 1. The molecular weight excluding hydrogens is 347 g/mol. The molecule has 1 aliphatic rings. The number of halogens is 1. The largest absolute Gasteiger partial charge is 0.495 e. The number of anilines is 2. The molecule has 0 unspecified atom stereocenters. The van der Waals surface area contributed by atoms with Gasteiger partial charge in [-0.3, -0.25) is 9.10 Å². The minimum absolute atomic E-state index is 0.107. The molecule has 25 heavy (non-hydrogen) atoms. The number of carbonyl (C=O) groups is 1. The molecule has 2 aromatic rings. The molecule has 0 saturated carbocycles. The SMILES string of the molecule is COc1ccc(N2CCCS2(=O)=O)cc1NC(=O)c1ccc(F)cc1.